The van der Waals surface area contributed by atoms with Gasteiger partial charge < -0.3 is 4.90 Å². The van der Waals surface area contributed by atoms with Crippen LogP contribution in [0.4, 0.5) is 5.69 Å². The SMILES string of the molecule is C=C(/C=C/C1=C(C)C(=C/C=C2\Sc3ccccc3N2C(C)(C)C)/CC1)Sc1ccccc1C. The molecule has 0 unspecified atom stereocenters. The Morgan fingerprint density at radius 1 is 1.00 bits per heavy atom. The van der Waals surface area contributed by atoms with Crippen LogP contribution in [0.15, 0.2) is 116 Å². The Morgan fingerprint density at radius 3 is 2.48 bits per heavy atom. The maximum Gasteiger partial charge on any atom is 0.0806 e. The second-order valence-corrected chi connectivity index (χ2v) is 11.8. The fourth-order valence-corrected chi connectivity index (χ4v) is 6.31. The minimum absolute atomic E-state index is 0.0353. The normalized spacial score (nSPS) is 18.8. The van der Waals surface area contributed by atoms with Crippen molar-refractivity contribution in [1.82, 2.24) is 0 Å². The number of hydrogen-bond acceptors (Lipinski definition) is 3. The predicted molar refractivity (Wildman–Crippen MR) is 148 cm³/mol. The summed E-state index contributed by atoms with van der Waals surface area (Å²) in [4.78, 5) is 6.15. The number of aryl methyl sites for hydroxylation is 1. The number of anilines is 1. The molecule has 1 aliphatic carbocycles. The van der Waals surface area contributed by atoms with Crippen molar-refractivity contribution >= 4 is 29.2 Å². The largest absolute Gasteiger partial charge is 0.330 e. The van der Waals surface area contributed by atoms with Crippen LogP contribution in [0.3, 0.4) is 0 Å². The molecule has 0 spiro atoms. The molecule has 2 aliphatic rings. The number of fused-ring (bicyclic) bond motifs is 1. The molecular weight excluding hydrogens is 438 g/mol. The van der Waals surface area contributed by atoms with Crippen LogP contribution in [0.1, 0.15) is 46.1 Å². The zero-order valence-corrected chi connectivity index (χ0v) is 21.9. The van der Waals surface area contributed by atoms with Gasteiger partial charge in [0.25, 0.3) is 0 Å². The van der Waals surface area contributed by atoms with Gasteiger partial charge in [0.05, 0.1) is 10.7 Å². The summed E-state index contributed by atoms with van der Waals surface area (Å²) < 4.78 is 0. The van der Waals surface area contributed by atoms with E-state index >= 15 is 0 Å². The maximum absolute atomic E-state index is 4.26. The average molecular weight is 472 g/mol. The molecule has 0 aromatic heterocycles. The summed E-state index contributed by atoms with van der Waals surface area (Å²) in [5.41, 5.74) is 6.90. The molecule has 0 saturated heterocycles. The van der Waals surface area contributed by atoms with E-state index in [1.807, 2.05) is 11.8 Å². The molecule has 0 fully saturated rings. The highest BCUT2D eigenvalue weighted by Crippen LogP contribution is 2.49. The first-order chi connectivity index (χ1) is 15.7. The summed E-state index contributed by atoms with van der Waals surface area (Å²) in [5.74, 6) is 0. The van der Waals surface area contributed by atoms with E-state index in [1.54, 1.807) is 11.8 Å². The zero-order valence-electron chi connectivity index (χ0n) is 20.3. The first-order valence-corrected chi connectivity index (χ1v) is 13.2. The van der Waals surface area contributed by atoms with Crippen molar-refractivity contribution < 1.29 is 0 Å². The van der Waals surface area contributed by atoms with E-state index in [4.69, 9.17) is 0 Å². The van der Waals surface area contributed by atoms with E-state index in [1.165, 1.54) is 42.8 Å². The van der Waals surface area contributed by atoms with E-state index in [2.05, 4.69) is 119 Å². The monoisotopic (exact) mass is 471 g/mol. The highest BCUT2D eigenvalue weighted by atomic mass is 32.2. The van der Waals surface area contributed by atoms with Crippen molar-refractivity contribution in [1.29, 1.82) is 0 Å². The van der Waals surface area contributed by atoms with E-state index in [0.29, 0.717) is 0 Å². The molecule has 3 heteroatoms. The van der Waals surface area contributed by atoms with Crippen molar-refractivity contribution in [3.05, 3.63) is 112 Å². The van der Waals surface area contributed by atoms with Crippen LogP contribution in [0, 0.1) is 6.92 Å². The lowest BCUT2D eigenvalue weighted by molar-refractivity contribution is 0.552. The first kappa shape index (κ1) is 23.8. The lowest BCUT2D eigenvalue weighted by atomic mass is 10.0. The Bertz CT molecular complexity index is 1190. The van der Waals surface area contributed by atoms with E-state index in [-0.39, 0.29) is 5.54 Å². The van der Waals surface area contributed by atoms with Gasteiger partial charge in [-0.25, -0.2) is 0 Å². The van der Waals surface area contributed by atoms with Gasteiger partial charge in [0.2, 0.25) is 0 Å². The lowest BCUT2D eigenvalue weighted by Gasteiger charge is -2.34. The molecule has 0 N–H and O–H groups in total. The number of hydrogen-bond donors (Lipinski definition) is 0. The van der Waals surface area contributed by atoms with Crippen LogP contribution in [-0.4, -0.2) is 5.54 Å². The van der Waals surface area contributed by atoms with E-state index in [9.17, 15) is 0 Å². The van der Waals surface area contributed by atoms with E-state index < -0.39 is 0 Å². The van der Waals surface area contributed by atoms with Crippen molar-refractivity contribution in [2.75, 3.05) is 4.90 Å². The van der Waals surface area contributed by atoms with Gasteiger partial charge in [-0.05, 0) is 100 Å². The summed E-state index contributed by atoms with van der Waals surface area (Å²) in [6, 6.07) is 17.2. The van der Waals surface area contributed by atoms with Crippen molar-refractivity contribution in [3.63, 3.8) is 0 Å². The molecule has 0 amide bonds. The first-order valence-electron chi connectivity index (χ1n) is 11.5. The van der Waals surface area contributed by atoms with Crippen molar-refractivity contribution in [2.45, 2.75) is 62.8 Å². The van der Waals surface area contributed by atoms with Gasteiger partial charge in [-0.1, -0.05) is 72.6 Å². The van der Waals surface area contributed by atoms with E-state index in [0.717, 1.165) is 17.7 Å². The summed E-state index contributed by atoms with van der Waals surface area (Å²) in [6.07, 6.45) is 11.3. The molecule has 1 nitrogen and oxygen atoms in total. The second-order valence-electron chi connectivity index (χ2n) is 9.59. The summed E-state index contributed by atoms with van der Waals surface area (Å²) in [6.45, 7) is 15.5. The smallest absolute Gasteiger partial charge is 0.0806 e. The molecule has 0 radical (unpaired) electrons. The number of nitrogens with zero attached hydrogens (tertiary/aromatic N) is 1. The van der Waals surface area contributed by atoms with Crippen LogP contribution in [-0.2, 0) is 0 Å². The molecule has 170 valence electrons. The van der Waals surface area contributed by atoms with Crippen LogP contribution in [0.25, 0.3) is 0 Å². The molecular formula is C30H33NS2. The topological polar surface area (TPSA) is 3.24 Å². The molecule has 33 heavy (non-hydrogen) atoms. The third-order valence-electron chi connectivity index (χ3n) is 6.07. The third kappa shape index (κ3) is 5.42. The van der Waals surface area contributed by atoms with Gasteiger partial charge in [-0.3, -0.25) is 0 Å². The van der Waals surface area contributed by atoms with Crippen molar-refractivity contribution in [2.24, 2.45) is 0 Å². The Balaban J connectivity index is 1.50. The molecule has 4 rings (SSSR count). The maximum atomic E-state index is 4.26. The van der Waals surface area contributed by atoms with Gasteiger partial charge in [0, 0.05) is 20.2 Å². The molecule has 1 aliphatic heterocycles. The van der Waals surface area contributed by atoms with Crippen LogP contribution in [0.5, 0.6) is 0 Å². The fraction of sp³-hybridized carbons (Fsp3) is 0.267. The van der Waals surface area contributed by atoms with Gasteiger partial charge >= 0.3 is 0 Å². The Hall–Kier alpha value is -2.36. The van der Waals surface area contributed by atoms with Crippen molar-refractivity contribution in [3.8, 4) is 0 Å². The molecule has 0 saturated carbocycles. The second kappa shape index (κ2) is 9.87. The van der Waals surface area contributed by atoms with Crippen LogP contribution < -0.4 is 4.90 Å². The number of para-hydroxylation sites is 1. The summed E-state index contributed by atoms with van der Waals surface area (Å²) >= 11 is 3.61. The van der Waals surface area contributed by atoms with Gasteiger partial charge in [-0.2, -0.15) is 0 Å². The molecule has 0 bridgehead atoms. The average Bonchev–Trinajstić information content (AvgIpc) is 3.32. The number of thioether (sulfide) groups is 2. The van der Waals surface area contributed by atoms with Crippen LogP contribution >= 0.6 is 23.5 Å². The molecule has 1 heterocycles. The lowest BCUT2D eigenvalue weighted by Crippen LogP contribution is -2.38. The summed E-state index contributed by atoms with van der Waals surface area (Å²) in [7, 11) is 0. The zero-order chi connectivity index (χ0) is 23.6. The highest BCUT2D eigenvalue weighted by Gasteiger charge is 2.32. The van der Waals surface area contributed by atoms with Crippen LogP contribution in [0.2, 0.25) is 0 Å². The fourth-order valence-electron chi connectivity index (χ4n) is 4.28. The number of rotatable bonds is 5. The Morgan fingerprint density at radius 2 is 1.73 bits per heavy atom. The Kier molecular flexibility index (Phi) is 7.11. The highest BCUT2D eigenvalue weighted by molar-refractivity contribution is 8.03. The standard InChI is InChI=1S/C30H33NS2/c1-21-11-7-9-13-27(21)32-22(2)15-16-24-17-18-25(23(24)3)19-20-29-31(30(4,5)6)26-12-8-10-14-28(26)33-29/h7-16,19-20H,2,17-18H2,1,3-6H3/b16-15+,25-19+,29-20-. The number of allylic oxidation sites excluding steroid dienone is 7. The minimum Gasteiger partial charge on any atom is -0.330 e. The molecule has 2 aromatic rings. The molecule has 0 atom stereocenters. The van der Waals surface area contributed by atoms with Gasteiger partial charge in [0.1, 0.15) is 0 Å². The minimum atomic E-state index is 0.0353. The number of benzene rings is 2. The molecule has 2 aromatic carbocycles. The third-order valence-corrected chi connectivity index (χ3v) is 8.24. The summed E-state index contributed by atoms with van der Waals surface area (Å²) in [5, 5.41) is 1.30. The predicted octanol–water partition coefficient (Wildman–Crippen LogP) is 9.45. The van der Waals surface area contributed by atoms with Gasteiger partial charge in [0.15, 0.2) is 0 Å². The Labute approximate surface area is 208 Å². The quantitative estimate of drug-likeness (QED) is 0.316. The van der Waals surface area contributed by atoms with Gasteiger partial charge in [-0.15, -0.1) is 0 Å².